The summed E-state index contributed by atoms with van der Waals surface area (Å²) in [5.74, 6) is -1.11. The molecule has 0 spiro atoms. The average Bonchev–Trinajstić information content (AvgIpc) is 3.41. The molecule has 3 N–H and O–H groups in total. The number of aromatic nitrogens is 4. The Morgan fingerprint density at radius 2 is 2.03 bits per heavy atom. The molecule has 0 aliphatic heterocycles. The van der Waals surface area contributed by atoms with Crippen molar-refractivity contribution < 1.29 is 14.0 Å². The zero-order valence-electron chi connectivity index (χ0n) is 15.7. The third kappa shape index (κ3) is 4.18. The molecule has 0 unspecified atom stereocenters. The maximum atomic E-state index is 12.6. The lowest BCUT2D eigenvalue weighted by atomic mass is 10.2. The quantitative estimate of drug-likeness (QED) is 0.431. The SMILES string of the molecule is CC(=O)Nc1nc(C)c(-c2csc(C(=O)Nc3cccc(-c4n[nH]c(=O)o4)c3)n2)s1. The number of hydrogen-bond acceptors (Lipinski definition) is 9. The van der Waals surface area contributed by atoms with E-state index in [9.17, 15) is 14.4 Å². The first-order valence-corrected chi connectivity index (χ1v) is 10.3. The van der Waals surface area contributed by atoms with Gasteiger partial charge in [-0.1, -0.05) is 17.4 Å². The van der Waals surface area contributed by atoms with Crippen LogP contribution in [-0.2, 0) is 4.79 Å². The van der Waals surface area contributed by atoms with Gasteiger partial charge in [0.05, 0.1) is 16.3 Å². The van der Waals surface area contributed by atoms with E-state index >= 15 is 0 Å². The zero-order valence-corrected chi connectivity index (χ0v) is 17.3. The molecule has 1 aromatic carbocycles. The van der Waals surface area contributed by atoms with Gasteiger partial charge in [-0.25, -0.2) is 19.9 Å². The van der Waals surface area contributed by atoms with Crippen LogP contribution in [0.2, 0.25) is 0 Å². The van der Waals surface area contributed by atoms with Gasteiger partial charge < -0.3 is 15.1 Å². The highest BCUT2D eigenvalue weighted by Crippen LogP contribution is 2.33. The molecule has 0 aliphatic rings. The molecular formula is C18H14N6O4S2. The summed E-state index contributed by atoms with van der Waals surface area (Å²) < 4.78 is 4.93. The molecule has 2 amide bonds. The first-order chi connectivity index (χ1) is 14.4. The number of nitrogens with zero attached hydrogens (tertiary/aromatic N) is 3. The van der Waals surface area contributed by atoms with Crippen LogP contribution in [0.25, 0.3) is 22.0 Å². The smallest absolute Gasteiger partial charge is 0.388 e. The average molecular weight is 442 g/mol. The van der Waals surface area contributed by atoms with Gasteiger partial charge in [-0.3, -0.25) is 9.59 Å². The van der Waals surface area contributed by atoms with Gasteiger partial charge in [0.15, 0.2) is 10.1 Å². The Kier molecular flexibility index (Phi) is 5.25. The second kappa shape index (κ2) is 8.00. The molecule has 0 atom stereocenters. The normalized spacial score (nSPS) is 10.7. The lowest BCUT2D eigenvalue weighted by Crippen LogP contribution is -2.11. The summed E-state index contributed by atoms with van der Waals surface area (Å²) in [7, 11) is 0. The number of benzene rings is 1. The van der Waals surface area contributed by atoms with Crippen molar-refractivity contribution in [1.82, 2.24) is 20.2 Å². The van der Waals surface area contributed by atoms with Crippen molar-refractivity contribution in [3.63, 3.8) is 0 Å². The van der Waals surface area contributed by atoms with E-state index in [1.165, 1.54) is 29.6 Å². The van der Waals surface area contributed by atoms with Gasteiger partial charge >= 0.3 is 5.76 Å². The molecule has 152 valence electrons. The Morgan fingerprint density at radius 1 is 1.20 bits per heavy atom. The number of hydrogen-bond donors (Lipinski definition) is 3. The molecule has 0 saturated heterocycles. The van der Waals surface area contributed by atoms with Gasteiger partial charge in [0.25, 0.3) is 5.91 Å². The van der Waals surface area contributed by atoms with Gasteiger partial charge in [0.2, 0.25) is 11.8 Å². The Morgan fingerprint density at radius 3 is 2.77 bits per heavy atom. The maximum absolute atomic E-state index is 12.6. The van der Waals surface area contributed by atoms with Gasteiger partial charge in [-0.2, -0.15) is 0 Å². The van der Waals surface area contributed by atoms with Crippen LogP contribution in [0.1, 0.15) is 22.4 Å². The lowest BCUT2D eigenvalue weighted by Gasteiger charge is -2.04. The van der Waals surface area contributed by atoms with E-state index in [0.29, 0.717) is 27.8 Å². The maximum Gasteiger partial charge on any atom is 0.434 e. The number of anilines is 2. The van der Waals surface area contributed by atoms with Crippen molar-refractivity contribution in [2.75, 3.05) is 10.6 Å². The molecule has 0 fully saturated rings. The summed E-state index contributed by atoms with van der Waals surface area (Å²) in [5.41, 5.74) is 2.37. The van der Waals surface area contributed by atoms with Crippen LogP contribution < -0.4 is 16.4 Å². The minimum Gasteiger partial charge on any atom is -0.388 e. The summed E-state index contributed by atoms with van der Waals surface area (Å²) >= 11 is 2.49. The number of carbonyl (C=O) groups is 2. The van der Waals surface area contributed by atoms with Gasteiger partial charge in [-0.05, 0) is 25.1 Å². The minimum atomic E-state index is -0.658. The van der Waals surface area contributed by atoms with Crippen LogP contribution in [0.3, 0.4) is 0 Å². The topological polar surface area (TPSA) is 143 Å². The van der Waals surface area contributed by atoms with Crippen LogP contribution in [0, 0.1) is 6.92 Å². The molecule has 12 heteroatoms. The standard InChI is InChI=1S/C18H14N6O4S2/c1-8-13(30-17(19-8)20-9(2)25)12-7-29-16(22-12)14(26)21-11-5-3-4-10(6-11)15-23-24-18(27)28-15/h3-7H,1-2H3,(H,21,26)(H,24,27)(H,19,20,25). The second-order valence-electron chi connectivity index (χ2n) is 6.11. The van der Waals surface area contributed by atoms with Crippen molar-refractivity contribution in [2.24, 2.45) is 0 Å². The van der Waals surface area contributed by atoms with Crippen molar-refractivity contribution >= 4 is 45.3 Å². The first-order valence-electron chi connectivity index (χ1n) is 8.57. The molecule has 0 aliphatic carbocycles. The molecule has 0 bridgehead atoms. The molecule has 0 radical (unpaired) electrons. The van der Waals surface area contributed by atoms with Crippen LogP contribution in [0.4, 0.5) is 10.8 Å². The molecule has 10 nitrogen and oxygen atoms in total. The minimum absolute atomic E-state index is 0.128. The monoisotopic (exact) mass is 442 g/mol. The molecule has 30 heavy (non-hydrogen) atoms. The fraction of sp³-hybridized carbons (Fsp3) is 0.111. The largest absolute Gasteiger partial charge is 0.434 e. The number of thiazole rings is 2. The number of nitrogens with one attached hydrogen (secondary N) is 3. The van der Waals surface area contributed by atoms with Crippen LogP contribution in [0.15, 0.2) is 38.9 Å². The highest BCUT2D eigenvalue weighted by atomic mass is 32.1. The third-order valence-corrected chi connectivity index (χ3v) is 5.75. The molecule has 3 heterocycles. The summed E-state index contributed by atoms with van der Waals surface area (Å²) in [4.78, 5) is 44.4. The number of carbonyl (C=O) groups excluding carboxylic acids is 2. The number of aromatic amines is 1. The highest BCUT2D eigenvalue weighted by Gasteiger charge is 2.17. The Labute approximate surface area is 177 Å². The molecule has 3 aromatic heterocycles. The van der Waals surface area contributed by atoms with Gasteiger partial charge in [0, 0.05) is 23.6 Å². The summed E-state index contributed by atoms with van der Waals surface area (Å²) in [6.45, 7) is 3.23. The predicted octanol–water partition coefficient (Wildman–Crippen LogP) is 3.13. The number of aryl methyl sites for hydroxylation is 1. The molecule has 4 aromatic rings. The third-order valence-electron chi connectivity index (χ3n) is 3.82. The van der Waals surface area contributed by atoms with Crippen molar-refractivity contribution in [3.8, 4) is 22.0 Å². The van der Waals surface area contributed by atoms with Crippen LogP contribution in [0.5, 0.6) is 0 Å². The van der Waals surface area contributed by atoms with E-state index in [1.807, 2.05) is 6.92 Å². The second-order valence-corrected chi connectivity index (χ2v) is 7.96. The van der Waals surface area contributed by atoms with E-state index in [0.717, 1.165) is 4.88 Å². The van der Waals surface area contributed by atoms with Crippen molar-refractivity contribution in [1.29, 1.82) is 0 Å². The van der Waals surface area contributed by atoms with E-state index < -0.39 is 5.76 Å². The van der Waals surface area contributed by atoms with E-state index in [1.54, 1.807) is 29.6 Å². The summed E-state index contributed by atoms with van der Waals surface area (Å²) in [5, 5.41) is 13.9. The van der Waals surface area contributed by atoms with Crippen LogP contribution in [-0.4, -0.2) is 32.0 Å². The fourth-order valence-corrected chi connectivity index (χ4v) is 4.34. The molecule has 0 saturated carbocycles. The highest BCUT2D eigenvalue weighted by molar-refractivity contribution is 7.19. The van der Waals surface area contributed by atoms with E-state index in [4.69, 9.17) is 4.42 Å². The van der Waals surface area contributed by atoms with E-state index in [-0.39, 0.29) is 22.7 Å². The number of rotatable bonds is 5. The summed E-state index contributed by atoms with van der Waals surface area (Å²) in [6.07, 6.45) is 0. The van der Waals surface area contributed by atoms with Gasteiger partial charge in [0.1, 0.15) is 0 Å². The zero-order chi connectivity index (χ0) is 21.3. The van der Waals surface area contributed by atoms with Gasteiger partial charge in [-0.15, -0.1) is 16.4 Å². The van der Waals surface area contributed by atoms with E-state index in [2.05, 4.69) is 30.8 Å². The number of amides is 2. The predicted molar refractivity (Wildman–Crippen MR) is 113 cm³/mol. The lowest BCUT2D eigenvalue weighted by molar-refractivity contribution is -0.114. The Balaban J connectivity index is 1.52. The Bertz CT molecular complexity index is 1300. The summed E-state index contributed by atoms with van der Waals surface area (Å²) in [6, 6.07) is 6.75. The Hall–Kier alpha value is -3.64. The van der Waals surface area contributed by atoms with Crippen molar-refractivity contribution in [3.05, 3.63) is 50.9 Å². The van der Waals surface area contributed by atoms with Crippen molar-refractivity contribution in [2.45, 2.75) is 13.8 Å². The van der Waals surface area contributed by atoms with Crippen LogP contribution >= 0.6 is 22.7 Å². The molecule has 4 rings (SSSR count). The number of H-pyrrole nitrogens is 1. The fourth-order valence-electron chi connectivity index (χ4n) is 2.59. The first kappa shape index (κ1) is 19.7. The molecular weight excluding hydrogens is 428 g/mol.